The highest BCUT2D eigenvalue weighted by atomic mass is 15.0. The Kier molecular flexibility index (Phi) is 2.23. The molecule has 0 bridgehead atoms. The zero-order chi connectivity index (χ0) is 10.1. The predicted molar refractivity (Wildman–Crippen MR) is 57.3 cm³/mol. The van der Waals surface area contributed by atoms with Crippen molar-refractivity contribution in [2.24, 2.45) is 0 Å². The lowest BCUT2D eigenvalue weighted by molar-refractivity contribution is 0.691. The van der Waals surface area contributed by atoms with Gasteiger partial charge in [0.2, 0.25) is 0 Å². The van der Waals surface area contributed by atoms with Crippen molar-refractivity contribution < 1.29 is 0 Å². The van der Waals surface area contributed by atoms with Crippen molar-refractivity contribution in [3.8, 4) is 0 Å². The van der Waals surface area contributed by atoms with Crippen molar-refractivity contribution >= 4 is 11.2 Å². The minimum absolute atomic E-state index is 0.476. The van der Waals surface area contributed by atoms with Crippen molar-refractivity contribution in [3.63, 3.8) is 0 Å². The van der Waals surface area contributed by atoms with E-state index in [9.17, 15) is 0 Å². The normalized spacial score (nSPS) is 13.4. The van der Waals surface area contributed by atoms with Crippen LogP contribution in [0.1, 0.15) is 37.6 Å². The van der Waals surface area contributed by atoms with Crippen LogP contribution >= 0.6 is 0 Å². The minimum Gasteiger partial charge on any atom is -0.340 e. The molecule has 2 heterocycles. The molecule has 0 aliphatic rings. The first-order valence-corrected chi connectivity index (χ1v) is 5.03. The second kappa shape index (κ2) is 3.40. The van der Waals surface area contributed by atoms with E-state index in [2.05, 4.69) is 34.9 Å². The summed E-state index contributed by atoms with van der Waals surface area (Å²) in [7, 11) is 0. The molecule has 74 valence electrons. The molecule has 2 aromatic rings. The van der Waals surface area contributed by atoms with Gasteiger partial charge in [0, 0.05) is 12.1 Å². The second-order valence-corrected chi connectivity index (χ2v) is 3.82. The number of nitrogens with one attached hydrogen (secondary N) is 1. The Labute approximate surface area is 83.6 Å². The van der Waals surface area contributed by atoms with Crippen LogP contribution in [0.4, 0.5) is 0 Å². The van der Waals surface area contributed by atoms with Crippen molar-refractivity contribution in [1.82, 2.24) is 15.0 Å². The number of pyridine rings is 1. The first-order valence-electron chi connectivity index (χ1n) is 5.03. The third kappa shape index (κ3) is 1.50. The van der Waals surface area contributed by atoms with Crippen molar-refractivity contribution in [1.29, 1.82) is 0 Å². The van der Waals surface area contributed by atoms with Gasteiger partial charge in [0.25, 0.3) is 0 Å². The van der Waals surface area contributed by atoms with Gasteiger partial charge in [0.1, 0.15) is 5.82 Å². The first kappa shape index (κ1) is 9.19. The van der Waals surface area contributed by atoms with Crippen LogP contribution in [0, 0.1) is 6.92 Å². The third-order valence-electron chi connectivity index (χ3n) is 2.57. The maximum Gasteiger partial charge on any atom is 0.177 e. The molecule has 0 saturated heterocycles. The number of imidazole rings is 1. The maximum absolute atomic E-state index is 4.46. The summed E-state index contributed by atoms with van der Waals surface area (Å²) in [5.74, 6) is 1.52. The van der Waals surface area contributed by atoms with Gasteiger partial charge < -0.3 is 4.98 Å². The molecule has 0 aliphatic heterocycles. The summed E-state index contributed by atoms with van der Waals surface area (Å²) in [6.07, 6.45) is 2.95. The molecule has 0 radical (unpaired) electrons. The van der Waals surface area contributed by atoms with E-state index in [1.165, 1.54) is 0 Å². The number of hydrogen-bond acceptors (Lipinski definition) is 2. The van der Waals surface area contributed by atoms with Crippen LogP contribution in [0.2, 0.25) is 0 Å². The molecule has 0 aliphatic carbocycles. The van der Waals surface area contributed by atoms with E-state index in [4.69, 9.17) is 0 Å². The zero-order valence-electron chi connectivity index (χ0n) is 8.83. The summed E-state index contributed by atoms with van der Waals surface area (Å²) in [5, 5.41) is 0. The van der Waals surface area contributed by atoms with Gasteiger partial charge in [-0.15, -0.1) is 0 Å². The fourth-order valence-corrected chi connectivity index (χ4v) is 1.45. The lowest BCUT2D eigenvalue weighted by Crippen LogP contribution is -1.93. The largest absolute Gasteiger partial charge is 0.340 e. The number of rotatable bonds is 2. The average Bonchev–Trinajstić information content (AvgIpc) is 2.59. The van der Waals surface area contributed by atoms with Crippen LogP contribution in [0.3, 0.4) is 0 Å². The molecule has 0 spiro atoms. The maximum atomic E-state index is 4.46. The predicted octanol–water partition coefficient (Wildman–Crippen LogP) is 2.78. The van der Waals surface area contributed by atoms with Crippen LogP contribution in [-0.2, 0) is 0 Å². The number of hydrogen-bond donors (Lipinski definition) is 1. The molecule has 0 saturated carbocycles. The molecule has 3 nitrogen and oxygen atoms in total. The molecule has 2 aromatic heterocycles. The Hall–Kier alpha value is -1.38. The van der Waals surface area contributed by atoms with Gasteiger partial charge in [0.05, 0.1) is 5.52 Å². The van der Waals surface area contributed by atoms with Crippen LogP contribution in [0.15, 0.2) is 12.3 Å². The Balaban J connectivity index is 2.51. The van der Waals surface area contributed by atoms with Gasteiger partial charge in [-0.05, 0) is 25.0 Å². The zero-order valence-corrected chi connectivity index (χ0v) is 8.83. The van der Waals surface area contributed by atoms with Crippen molar-refractivity contribution in [3.05, 3.63) is 23.7 Å². The molecule has 1 N–H and O–H groups in total. The summed E-state index contributed by atoms with van der Waals surface area (Å²) in [6, 6.07) is 2.08. The van der Waals surface area contributed by atoms with Crippen LogP contribution in [0.25, 0.3) is 11.2 Å². The van der Waals surface area contributed by atoms with E-state index in [1.807, 2.05) is 13.1 Å². The average molecular weight is 189 g/mol. The number of aromatic nitrogens is 3. The summed E-state index contributed by atoms with van der Waals surface area (Å²) in [6.45, 7) is 6.37. The lowest BCUT2D eigenvalue weighted by atomic mass is 10.1. The van der Waals surface area contributed by atoms with Gasteiger partial charge in [-0.2, -0.15) is 0 Å². The standard InChI is InChI=1S/C11H15N3/c1-4-8(3)10-13-9-5-7(2)6-12-11(9)14-10/h5-6,8H,4H2,1-3H3,(H,12,13,14). The summed E-state index contributed by atoms with van der Waals surface area (Å²) < 4.78 is 0. The van der Waals surface area contributed by atoms with Crippen LogP contribution in [0.5, 0.6) is 0 Å². The highest BCUT2D eigenvalue weighted by molar-refractivity contribution is 5.71. The highest BCUT2D eigenvalue weighted by Crippen LogP contribution is 2.18. The lowest BCUT2D eigenvalue weighted by Gasteiger charge is -2.01. The number of aromatic amines is 1. The minimum atomic E-state index is 0.476. The molecule has 1 unspecified atom stereocenters. The molecule has 14 heavy (non-hydrogen) atoms. The van der Waals surface area contributed by atoms with Crippen LogP contribution < -0.4 is 0 Å². The van der Waals surface area contributed by atoms with Crippen LogP contribution in [-0.4, -0.2) is 15.0 Å². The van der Waals surface area contributed by atoms with Crippen molar-refractivity contribution in [2.75, 3.05) is 0 Å². The van der Waals surface area contributed by atoms with E-state index in [0.717, 1.165) is 29.0 Å². The molecule has 2 rings (SSSR count). The number of nitrogens with zero attached hydrogens (tertiary/aromatic N) is 2. The first-order chi connectivity index (χ1) is 6.70. The summed E-state index contributed by atoms with van der Waals surface area (Å²) >= 11 is 0. The smallest absolute Gasteiger partial charge is 0.177 e. The monoisotopic (exact) mass is 189 g/mol. The van der Waals surface area contributed by atoms with E-state index in [-0.39, 0.29) is 0 Å². The topological polar surface area (TPSA) is 41.6 Å². The molecule has 0 fully saturated rings. The fourth-order valence-electron chi connectivity index (χ4n) is 1.45. The van der Waals surface area contributed by atoms with E-state index in [1.54, 1.807) is 0 Å². The fraction of sp³-hybridized carbons (Fsp3) is 0.455. The Bertz CT molecular complexity index is 445. The summed E-state index contributed by atoms with van der Waals surface area (Å²) in [5.41, 5.74) is 3.03. The SMILES string of the molecule is CCC(C)c1nc2ncc(C)cc2[nH]1. The quantitative estimate of drug-likeness (QED) is 0.789. The van der Waals surface area contributed by atoms with Gasteiger partial charge in [-0.3, -0.25) is 0 Å². The molecular formula is C11H15N3. The Morgan fingerprint density at radius 1 is 1.50 bits per heavy atom. The molecule has 3 heteroatoms. The van der Waals surface area contributed by atoms with Crippen molar-refractivity contribution in [2.45, 2.75) is 33.1 Å². The van der Waals surface area contributed by atoms with E-state index < -0.39 is 0 Å². The second-order valence-electron chi connectivity index (χ2n) is 3.82. The number of H-pyrrole nitrogens is 1. The Morgan fingerprint density at radius 2 is 2.29 bits per heavy atom. The van der Waals surface area contributed by atoms with Gasteiger partial charge in [-0.1, -0.05) is 13.8 Å². The molecule has 0 aromatic carbocycles. The highest BCUT2D eigenvalue weighted by Gasteiger charge is 2.09. The van der Waals surface area contributed by atoms with Gasteiger partial charge in [0.15, 0.2) is 5.65 Å². The molecular weight excluding hydrogens is 174 g/mol. The molecule has 1 atom stereocenters. The Morgan fingerprint density at radius 3 is 3.00 bits per heavy atom. The number of aryl methyl sites for hydroxylation is 1. The van der Waals surface area contributed by atoms with E-state index in [0.29, 0.717) is 5.92 Å². The molecule has 0 amide bonds. The van der Waals surface area contributed by atoms with Gasteiger partial charge >= 0.3 is 0 Å². The van der Waals surface area contributed by atoms with E-state index >= 15 is 0 Å². The summed E-state index contributed by atoms with van der Waals surface area (Å²) in [4.78, 5) is 12.0. The van der Waals surface area contributed by atoms with Gasteiger partial charge in [-0.25, -0.2) is 9.97 Å². The third-order valence-corrected chi connectivity index (χ3v) is 2.57. The number of fused-ring (bicyclic) bond motifs is 1.